The fraction of sp³-hybridized carbons (Fsp3) is 0.478. The van der Waals surface area contributed by atoms with Crippen LogP contribution < -0.4 is 21.3 Å². The topological polar surface area (TPSA) is 116 Å². The number of nitrogen functional groups attached to an aromatic ring is 1. The molecule has 0 aliphatic carbocycles. The molecule has 2 fully saturated rings. The highest BCUT2D eigenvalue weighted by atomic mass is 35.5. The number of benzene rings is 1. The summed E-state index contributed by atoms with van der Waals surface area (Å²) in [6.07, 6.45) is -2.22. The molecule has 2 saturated heterocycles. The zero-order valence-corrected chi connectivity index (χ0v) is 20.6. The van der Waals surface area contributed by atoms with Crippen molar-refractivity contribution in [2.45, 2.75) is 37.5 Å². The molecular formula is C23H26ClF4N7O2. The van der Waals surface area contributed by atoms with Crippen LogP contribution in [0.25, 0.3) is 0 Å². The molecular weight excluding hydrogens is 518 g/mol. The normalized spacial score (nSPS) is 22.6. The van der Waals surface area contributed by atoms with Gasteiger partial charge in [0, 0.05) is 37.4 Å². The van der Waals surface area contributed by atoms with E-state index in [4.69, 9.17) is 17.3 Å². The van der Waals surface area contributed by atoms with Gasteiger partial charge in [-0.05, 0) is 37.5 Å². The molecule has 2 aliphatic heterocycles. The Labute approximate surface area is 215 Å². The summed E-state index contributed by atoms with van der Waals surface area (Å²) in [6, 6.07) is 1.56. The second kappa shape index (κ2) is 10.6. The van der Waals surface area contributed by atoms with Crippen LogP contribution in [0.3, 0.4) is 0 Å². The zero-order valence-electron chi connectivity index (χ0n) is 19.9. The lowest BCUT2D eigenvalue weighted by molar-refractivity contribution is -0.140. The second-order valence-corrected chi connectivity index (χ2v) is 9.45. The van der Waals surface area contributed by atoms with Crippen molar-refractivity contribution < 1.29 is 27.2 Å². The Hall–Kier alpha value is -3.35. The van der Waals surface area contributed by atoms with Gasteiger partial charge in [0.15, 0.2) is 11.6 Å². The minimum atomic E-state index is -4.60. The predicted molar refractivity (Wildman–Crippen MR) is 129 cm³/mol. The number of halogens is 5. The largest absolute Gasteiger partial charge is 0.416 e. The van der Waals surface area contributed by atoms with Gasteiger partial charge in [-0.3, -0.25) is 9.59 Å². The third-order valence-corrected chi connectivity index (χ3v) is 6.92. The highest BCUT2D eigenvalue weighted by Gasteiger charge is 2.43. The summed E-state index contributed by atoms with van der Waals surface area (Å²) in [5.74, 6) is -2.33. The predicted octanol–water partition coefficient (Wildman–Crippen LogP) is 2.91. The summed E-state index contributed by atoms with van der Waals surface area (Å²) in [4.78, 5) is 37.1. The number of hydrogen-bond acceptors (Lipinski definition) is 7. The summed E-state index contributed by atoms with van der Waals surface area (Å²) in [7, 11) is 1.50. The van der Waals surface area contributed by atoms with E-state index < -0.39 is 35.6 Å². The van der Waals surface area contributed by atoms with Gasteiger partial charge >= 0.3 is 6.18 Å². The van der Waals surface area contributed by atoms with E-state index in [9.17, 15) is 27.2 Å². The monoisotopic (exact) mass is 543 g/mol. The van der Waals surface area contributed by atoms with Crippen LogP contribution in [0.2, 0.25) is 5.02 Å². The van der Waals surface area contributed by atoms with Crippen LogP contribution in [0.5, 0.6) is 0 Å². The molecule has 3 atom stereocenters. The number of rotatable bonds is 5. The smallest absolute Gasteiger partial charge is 0.381 e. The van der Waals surface area contributed by atoms with Crippen molar-refractivity contribution in [1.82, 2.24) is 20.2 Å². The van der Waals surface area contributed by atoms with Crippen molar-refractivity contribution in [3.05, 3.63) is 40.9 Å². The molecule has 2 amide bonds. The Balaban J connectivity index is 1.59. The first kappa shape index (κ1) is 26.7. The van der Waals surface area contributed by atoms with Gasteiger partial charge in [-0.15, -0.1) is 0 Å². The van der Waals surface area contributed by atoms with Crippen molar-refractivity contribution in [3.8, 4) is 0 Å². The van der Waals surface area contributed by atoms with Crippen molar-refractivity contribution in [1.29, 1.82) is 0 Å². The molecule has 9 nitrogen and oxygen atoms in total. The van der Waals surface area contributed by atoms with Gasteiger partial charge < -0.3 is 26.2 Å². The molecule has 200 valence electrons. The van der Waals surface area contributed by atoms with Crippen LogP contribution in [-0.4, -0.2) is 65.4 Å². The minimum absolute atomic E-state index is 0.0226. The zero-order chi connectivity index (χ0) is 26.9. The molecule has 1 unspecified atom stereocenters. The number of nitrogens with zero attached hydrogens (tertiary/aromatic N) is 4. The number of nitrogens with two attached hydrogens (primary N) is 1. The van der Waals surface area contributed by atoms with Gasteiger partial charge in [-0.2, -0.15) is 17.6 Å². The molecule has 4 rings (SSSR count). The number of likely N-dealkylation sites (tertiary alicyclic amines) is 1. The highest BCUT2D eigenvalue weighted by Crippen LogP contribution is 2.35. The molecule has 0 bridgehead atoms. The number of alkyl halides is 3. The fourth-order valence-corrected chi connectivity index (χ4v) is 5.16. The van der Waals surface area contributed by atoms with Crippen LogP contribution in [0, 0.1) is 11.7 Å². The summed E-state index contributed by atoms with van der Waals surface area (Å²) in [5.41, 5.74) is 4.72. The van der Waals surface area contributed by atoms with E-state index in [1.54, 1.807) is 9.80 Å². The Bertz CT molecular complexity index is 1180. The molecule has 1 aromatic heterocycles. The van der Waals surface area contributed by atoms with Crippen molar-refractivity contribution >= 4 is 40.7 Å². The maximum atomic E-state index is 14.7. The molecule has 14 heteroatoms. The van der Waals surface area contributed by atoms with Gasteiger partial charge in [-0.1, -0.05) is 11.6 Å². The maximum Gasteiger partial charge on any atom is 0.416 e. The molecule has 37 heavy (non-hydrogen) atoms. The summed E-state index contributed by atoms with van der Waals surface area (Å²) in [5, 5.41) is 5.38. The molecule has 2 aromatic rings. The number of aromatic nitrogens is 2. The van der Waals surface area contributed by atoms with E-state index in [-0.39, 0.29) is 40.7 Å². The number of nitrogens with one attached hydrogen (secondary N) is 2. The number of carbonyl (C=O) groups is 2. The summed E-state index contributed by atoms with van der Waals surface area (Å²) in [6.45, 7) is 0.745. The number of carbonyl (C=O) groups excluding carboxylic acids is 2. The number of piperidine rings is 2. The molecule has 0 saturated carbocycles. The highest BCUT2D eigenvalue weighted by molar-refractivity contribution is 6.31. The third kappa shape index (κ3) is 5.65. The first-order chi connectivity index (χ1) is 17.5. The number of anilines is 3. The molecule has 3 heterocycles. The lowest BCUT2D eigenvalue weighted by atomic mass is 9.87. The average Bonchev–Trinajstić information content (AvgIpc) is 2.85. The third-order valence-electron chi connectivity index (χ3n) is 6.70. The SMILES string of the molecule is CNC(=O)C1CCN(c2ncnc(N)c2F)C[C@H]1N1CCC[C@H](Nc2cc(Cl)cc(C(F)(F)F)c2)C1=O. The van der Waals surface area contributed by atoms with Crippen molar-refractivity contribution in [2.24, 2.45) is 5.92 Å². The van der Waals surface area contributed by atoms with E-state index in [1.807, 2.05) is 0 Å². The van der Waals surface area contributed by atoms with Gasteiger partial charge in [0.25, 0.3) is 0 Å². The quantitative estimate of drug-likeness (QED) is 0.497. The lowest BCUT2D eigenvalue weighted by Gasteiger charge is -2.46. The van der Waals surface area contributed by atoms with E-state index in [1.165, 1.54) is 13.1 Å². The van der Waals surface area contributed by atoms with Crippen LogP contribution in [0.4, 0.5) is 34.9 Å². The van der Waals surface area contributed by atoms with Crippen LogP contribution in [-0.2, 0) is 15.8 Å². The number of hydrogen-bond donors (Lipinski definition) is 3. The Kier molecular flexibility index (Phi) is 7.62. The van der Waals surface area contributed by atoms with Gasteiger partial charge in [0.2, 0.25) is 17.6 Å². The van der Waals surface area contributed by atoms with Crippen molar-refractivity contribution in [2.75, 3.05) is 42.6 Å². The van der Waals surface area contributed by atoms with Gasteiger partial charge in [0.1, 0.15) is 12.4 Å². The Morgan fingerprint density at radius 3 is 2.65 bits per heavy atom. The number of amides is 2. The first-order valence-electron chi connectivity index (χ1n) is 11.7. The maximum absolute atomic E-state index is 14.7. The summed E-state index contributed by atoms with van der Waals surface area (Å²) >= 11 is 5.89. The molecule has 0 spiro atoms. The first-order valence-corrected chi connectivity index (χ1v) is 12.0. The van der Waals surface area contributed by atoms with E-state index in [0.717, 1.165) is 18.5 Å². The van der Waals surface area contributed by atoms with Crippen LogP contribution in [0.1, 0.15) is 24.8 Å². The second-order valence-electron chi connectivity index (χ2n) is 9.02. The standard InChI is InChI=1S/C23H26ClF4N7O2/c1-30-21(36)15-4-6-34(20-18(25)19(29)31-11-32-20)10-17(15)35-5-2-3-16(22(35)37)33-14-8-12(23(26,27)28)7-13(24)9-14/h7-9,11,15-17,33H,2-6,10H2,1H3,(H,30,36)(H2,29,31,32)/t15?,16-,17+/m0/s1. The fourth-order valence-electron chi connectivity index (χ4n) is 4.93. The Morgan fingerprint density at radius 1 is 1.19 bits per heavy atom. The average molecular weight is 544 g/mol. The van der Waals surface area contributed by atoms with Crippen LogP contribution >= 0.6 is 11.6 Å². The molecule has 4 N–H and O–H groups in total. The minimum Gasteiger partial charge on any atom is -0.381 e. The van der Waals surface area contributed by atoms with Crippen LogP contribution in [0.15, 0.2) is 24.5 Å². The molecule has 1 aromatic carbocycles. The van der Waals surface area contributed by atoms with E-state index in [2.05, 4.69) is 20.6 Å². The van der Waals surface area contributed by atoms with Crippen molar-refractivity contribution in [3.63, 3.8) is 0 Å². The van der Waals surface area contributed by atoms with E-state index in [0.29, 0.717) is 32.4 Å². The van der Waals surface area contributed by atoms with Gasteiger partial charge in [-0.25, -0.2) is 9.97 Å². The Morgan fingerprint density at radius 2 is 1.95 bits per heavy atom. The molecule has 0 radical (unpaired) electrons. The summed E-state index contributed by atoms with van der Waals surface area (Å²) < 4.78 is 54.4. The van der Waals surface area contributed by atoms with Gasteiger partial charge in [0.05, 0.1) is 17.5 Å². The van der Waals surface area contributed by atoms with E-state index >= 15 is 0 Å². The molecule has 2 aliphatic rings. The lowest BCUT2D eigenvalue weighted by Crippen LogP contribution is -2.61.